The molecule has 0 radical (unpaired) electrons. The van der Waals surface area contributed by atoms with Crippen LogP contribution in [-0.2, 0) is 4.74 Å². The third-order valence-electron chi connectivity index (χ3n) is 9.95. The number of aliphatic hydroxyl groups excluding tert-OH is 1. The molecule has 4 aliphatic carbocycles. The van der Waals surface area contributed by atoms with Crippen molar-refractivity contribution in [3.05, 3.63) is 12.2 Å². The normalized spacial score (nSPS) is 60.1. The molecule has 6 rings (SSSR count). The molecule has 1 N–H and O–H groups in total. The van der Waals surface area contributed by atoms with E-state index in [0.717, 1.165) is 24.6 Å². The van der Waals surface area contributed by atoms with Crippen LogP contribution in [0.25, 0.3) is 0 Å². The van der Waals surface area contributed by atoms with Crippen LogP contribution in [0.15, 0.2) is 12.2 Å². The van der Waals surface area contributed by atoms with Crippen LogP contribution in [0.1, 0.15) is 58.3 Å². The molecule has 0 amide bonds. The minimum Gasteiger partial charge on any atom is -0.388 e. The number of aliphatic hydroxyl groups is 1. The maximum absolute atomic E-state index is 11.3. The Bertz CT molecular complexity index is 634. The molecule has 2 saturated heterocycles. The number of rotatable bonds is 0. The maximum Gasteiger partial charge on any atom is 0.117 e. The van der Waals surface area contributed by atoms with E-state index in [4.69, 9.17) is 4.74 Å². The Balaban J connectivity index is 1.53. The standard InChI is InChI=1S/C22H33NO2/c1-14-15-4-5-17-21(12-15,18(14)24)9-6-16-20(2)7-3-8-22(16,17)19-23(13-20)10-11-25-19/h15-19,24H,1,3-13H2,2H3/t15?,16?,17?,18-,19?,20-,21?,22?/m0/s1. The van der Waals surface area contributed by atoms with Crippen LogP contribution in [0.4, 0.5) is 0 Å². The van der Waals surface area contributed by atoms with Crippen molar-refractivity contribution < 1.29 is 9.84 Å². The fourth-order valence-corrected chi connectivity index (χ4v) is 9.31. The first-order valence-corrected chi connectivity index (χ1v) is 10.7. The van der Waals surface area contributed by atoms with Crippen LogP contribution in [-0.4, -0.2) is 42.0 Å². The van der Waals surface area contributed by atoms with Crippen molar-refractivity contribution in [2.75, 3.05) is 19.7 Å². The molecule has 0 aromatic carbocycles. The molecule has 25 heavy (non-hydrogen) atoms. The summed E-state index contributed by atoms with van der Waals surface area (Å²) in [6, 6.07) is 0. The molecule has 4 saturated carbocycles. The summed E-state index contributed by atoms with van der Waals surface area (Å²) >= 11 is 0. The molecule has 1 spiro atoms. The van der Waals surface area contributed by atoms with Crippen molar-refractivity contribution in [2.45, 2.75) is 70.6 Å². The van der Waals surface area contributed by atoms with Crippen molar-refractivity contribution in [3.63, 3.8) is 0 Å². The molecule has 6 aliphatic rings. The Morgan fingerprint density at radius 1 is 1.16 bits per heavy atom. The number of piperidine rings is 1. The lowest BCUT2D eigenvalue weighted by atomic mass is 9.38. The first-order valence-electron chi connectivity index (χ1n) is 10.7. The van der Waals surface area contributed by atoms with Gasteiger partial charge in [0.25, 0.3) is 0 Å². The molecule has 6 unspecified atom stereocenters. The summed E-state index contributed by atoms with van der Waals surface area (Å²) in [5.74, 6) is 2.01. The van der Waals surface area contributed by atoms with Crippen LogP contribution in [0.5, 0.6) is 0 Å². The van der Waals surface area contributed by atoms with Gasteiger partial charge in [-0.1, -0.05) is 19.9 Å². The van der Waals surface area contributed by atoms with Gasteiger partial charge in [-0.15, -0.1) is 0 Å². The van der Waals surface area contributed by atoms with Crippen LogP contribution in [0.3, 0.4) is 0 Å². The van der Waals surface area contributed by atoms with E-state index in [-0.39, 0.29) is 16.9 Å². The highest BCUT2D eigenvalue weighted by atomic mass is 16.5. The molecule has 8 atom stereocenters. The summed E-state index contributed by atoms with van der Waals surface area (Å²) in [6.07, 6.45) is 10.4. The largest absolute Gasteiger partial charge is 0.388 e. The molecule has 4 bridgehead atoms. The average molecular weight is 344 g/mol. The van der Waals surface area contributed by atoms with Gasteiger partial charge in [-0.3, -0.25) is 4.90 Å². The van der Waals surface area contributed by atoms with Gasteiger partial charge >= 0.3 is 0 Å². The molecule has 0 aromatic heterocycles. The number of fused-ring (bicyclic) bond motifs is 2. The van der Waals surface area contributed by atoms with E-state index >= 15 is 0 Å². The Morgan fingerprint density at radius 2 is 2.04 bits per heavy atom. The zero-order valence-electron chi connectivity index (χ0n) is 15.7. The van der Waals surface area contributed by atoms with E-state index in [9.17, 15) is 5.11 Å². The Labute approximate surface area is 151 Å². The van der Waals surface area contributed by atoms with Gasteiger partial charge in [0.15, 0.2) is 0 Å². The van der Waals surface area contributed by atoms with Crippen molar-refractivity contribution in [1.82, 2.24) is 4.90 Å². The van der Waals surface area contributed by atoms with Gasteiger partial charge in [-0.2, -0.15) is 0 Å². The minimum atomic E-state index is -0.259. The fourth-order valence-electron chi connectivity index (χ4n) is 9.31. The lowest BCUT2D eigenvalue weighted by Crippen LogP contribution is -2.71. The van der Waals surface area contributed by atoms with Gasteiger partial charge in [0, 0.05) is 23.9 Å². The molecular weight excluding hydrogens is 310 g/mol. The average Bonchev–Trinajstić information content (AvgIpc) is 3.12. The molecule has 0 aromatic rings. The quantitative estimate of drug-likeness (QED) is 0.683. The van der Waals surface area contributed by atoms with Gasteiger partial charge in [0.1, 0.15) is 6.23 Å². The second-order valence-electron chi connectivity index (χ2n) is 10.6. The predicted octanol–water partition coefficient (Wildman–Crippen LogP) is 3.58. The van der Waals surface area contributed by atoms with Crippen LogP contribution in [0, 0.1) is 34.0 Å². The molecule has 2 heterocycles. The van der Waals surface area contributed by atoms with E-state index in [1.54, 1.807) is 0 Å². The third kappa shape index (κ3) is 1.62. The molecule has 138 valence electrons. The van der Waals surface area contributed by atoms with Gasteiger partial charge in [0.2, 0.25) is 0 Å². The summed E-state index contributed by atoms with van der Waals surface area (Å²) in [4.78, 5) is 2.69. The highest BCUT2D eigenvalue weighted by molar-refractivity contribution is 5.29. The number of hydrogen-bond acceptors (Lipinski definition) is 3. The van der Waals surface area contributed by atoms with E-state index in [1.807, 2.05) is 0 Å². The molecule has 3 heteroatoms. The zero-order chi connectivity index (χ0) is 17.0. The highest BCUT2D eigenvalue weighted by Crippen LogP contribution is 2.75. The fraction of sp³-hybridized carbons (Fsp3) is 0.909. The van der Waals surface area contributed by atoms with E-state index in [1.165, 1.54) is 57.9 Å². The SMILES string of the molecule is C=C1C2CCC3C45CCC[C@@](C)(CN6CCOC64)C5CCC3(C2)[C@H]1O. The highest BCUT2D eigenvalue weighted by Gasteiger charge is 2.73. The lowest BCUT2D eigenvalue weighted by Gasteiger charge is -2.70. The minimum absolute atomic E-state index is 0.115. The van der Waals surface area contributed by atoms with Crippen LogP contribution in [0.2, 0.25) is 0 Å². The summed E-state index contributed by atoms with van der Waals surface area (Å²) in [5, 5.41) is 11.3. The second kappa shape index (κ2) is 4.72. The van der Waals surface area contributed by atoms with Crippen molar-refractivity contribution in [3.8, 4) is 0 Å². The van der Waals surface area contributed by atoms with Crippen LogP contribution < -0.4 is 0 Å². The Morgan fingerprint density at radius 3 is 2.92 bits per heavy atom. The first-order chi connectivity index (χ1) is 12.0. The topological polar surface area (TPSA) is 32.7 Å². The van der Waals surface area contributed by atoms with Crippen molar-refractivity contribution >= 4 is 0 Å². The molecular formula is C22H33NO2. The zero-order valence-corrected chi connectivity index (χ0v) is 15.7. The first kappa shape index (κ1) is 15.7. The van der Waals surface area contributed by atoms with Gasteiger partial charge in [0.05, 0.1) is 12.7 Å². The van der Waals surface area contributed by atoms with Crippen LogP contribution >= 0.6 is 0 Å². The number of hydrogen-bond donors (Lipinski definition) is 1. The Kier molecular flexibility index (Phi) is 2.95. The molecule has 3 nitrogen and oxygen atoms in total. The summed E-state index contributed by atoms with van der Waals surface area (Å²) in [5.41, 5.74) is 2.03. The molecule has 6 fully saturated rings. The van der Waals surface area contributed by atoms with E-state index in [0.29, 0.717) is 23.5 Å². The van der Waals surface area contributed by atoms with Crippen molar-refractivity contribution in [2.24, 2.45) is 34.0 Å². The lowest BCUT2D eigenvalue weighted by molar-refractivity contribution is -0.276. The predicted molar refractivity (Wildman–Crippen MR) is 96.8 cm³/mol. The van der Waals surface area contributed by atoms with Gasteiger partial charge in [-0.25, -0.2) is 0 Å². The van der Waals surface area contributed by atoms with Gasteiger partial charge in [-0.05, 0) is 73.7 Å². The third-order valence-corrected chi connectivity index (χ3v) is 9.95. The van der Waals surface area contributed by atoms with Gasteiger partial charge < -0.3 is 9.84 Å². The summed E-state index contributed by atoms with van der Waals surface area (Å²) in [7, 11) is 0. The van der Waals surface area contributed by atoms with E-state index < -0.39 is 0 Å². The molecule has 2 aliphatic heterocycles. The summed E-state index contributed by atoms with van der Waals surface area (Å²) in [6.45, 7) is 10.2. The van der Waals surface area contributed by atoms with E-state index in [2.05, 4.69) is 18.4 Å². The monoisotopic (exact) mass is 343 g/mol. The summed E-state index contributed by atoms with van der Waals surface area (Å²) < 4.78 is 6.48. The maximum atomic E-state index is 11.3. The Hall–Kier alpha value is -0.380. The second-order valence-corrected chi connectivity index (χ2v) is 10.6. The smallest absolute Gasteiger partial charge is 0.117 e. The number of nitrogens with zero attached hydrogens (tertiary/aromatic N) is 1. The number of ether oxygens (including phenoxy) is 1. The van der Waals surface area contributed by atoms with Crippen molar-refractivity contribution in [1.29, 1.82) is 0 Å².